The lowest BCUT2D eigenvalue weighted by molar-refractivity contribution is -0.151. The van der Waals surface area contributed by atoms with Crippen LogP contribution >= 0.6 is 0 Å². The SMILES string of the molecule is CCCCCC1C(=O)NC(=O)N(C2CCC(OC(C)=O)CC2)C1=O. The summed E-state index contributed by atoms with van der Waals surface area (Å²) in [6.45, 7) is 3.43. The topological polar surface area (TPSA) is 92.8 Å². The molecule has 0 aromatic rings. The monoisotopic (exact) mass is 338 g/mol. The van der Waals surface area contributed by atoms with E-state index < -0.39 is 17.9 Å². The van der Waals surface area contributed by atoms with E-state index in [-0.39, 0.29) is 24.0 Å². The summed E-state index contributed by atoms with van der Waals surface area (Å²) in [7, 11) is 0. The van der Waals surface area contributed by atoms with Gasteiger partial charge in [0, 0.05) is 13.0 Å². The zero-order valence-corrected chi connectivity index (χ0v) is 14.4. The Bertz CT molecular complexity index is 511. The smallest absolute Gasteiger partial charge is 0.331 e. The first-order valence-corrected chi connectivity index (χ1v) is 8.79. The molecular weight excluding hydrogens is 312 g/mol. The predicted octanol–water partition coefficient (Wildman–Crippen LogP) is 2.14. The standard InChI is InChI=1S/C17H26N2O5/c1-3-4-5-6-14-15(21)18-17(23)19(16(14)22)12-7-9-13(10-8-12)24-11(2)20/h12-14H,3-10H2,1-2H3,(H,18,21,23). The van der Waals surface area contributed by atoms with Gasteiger partial charge in [0.1, 0.15) is 12.0 Å². The third-order valence-electron chi connectivity index (χ3n) is 4.74. The molecule has 1 saturated heterocycles. The van der Waals surface area contributed by atoms with Crippen molar-refractivity contribution in [1.82, 2.24) is 10.2 Å². The second-order valence-corrected chi connectivity index (χ2v) is 6.59. The number of imide groups is 2. The Morgan fingerprint density at radius 2 is 1.83 bits per heavy atom. The second kappa shape index (κ2) is 8.26. The molecule has 2 rings (SSSR count). The summed E-state index contributed by atoms with van der Waals surface area (Å²) < 4.78 is 5.19. The van der Waals surface area contributed by atoms with Crippen molar-refractivity contribution in [1.29, 1.82) is 0 Å². The molecule has 24 heavy (non-hydrogen) atoms. The zero-order valence-electron chi connectivity index (χ0n) is 14.4. The van der Waals surface area contributed by atoms with Gasteiger partial charge < -0.3 is 4.74 Å². The first kappa shape index (κ1) is 18.4. The van der Waals surface area contributed by atoms with Gasteiger partial charge in [-0.25, -0.2) is 4.79 Å². The van der Waals surface area contributed by atoms with E-state index in [2.05, 4.69) is 12.2 Å². The molecule has 1 atom stereocenters. The lowest BCUT2D eigenvalue weighted by Gasteiger charge is -2.39. The Kier molecular flexibility index (Phi) is 6.34. The summed E-state index contributed by atoms with van der Waals surface area (Å²) in [5.74, 6) is -1.94. The Labute approximate surface area is 142 Å². The number of esters is 1. The van der Waals surface area contributed by atoms with Gasteiger partial charge >= 0.3 is 12.0 Å². The molecule has 0 spiro atoms. The van der Waals surface area contributed by atoms with Crippen LogP contribution in [0, 0.1) is 5.92 Å². The van der Waals surface area contributed by atoms with Crippen molar-refractivity contribution >= 4 is 23.8 Å². The number of hydrogen-bond donors (Lipinski definition) is 1. The molecule has 7 nitrogen and oxygen atoms in total. The van der Waals surface area contributed by atoms with Crippen molar-refractivity contribution in [3.05, 3.63) is 0 Å². The van der Waals surface area contributed by atoms with Gasteiger partial charge in [0.25, 0.3) is 0 Å². The fourth-order valence-corrected chi connectivity index (χ4v) is 3.49. The third kappa shape index (κ3) is 4.33. The third-order valence-corrected chi connectivity index (χ3v) is 4.74. The Morgan fingerprint density at radius 1 is 1.17 bits per heavy atom. The van der Waals surface area contributed by atoms with Crippen LogP contribution in [0.15, 0.2) is 0 Å². The molecule has 1 aliphatic heterocycles. The molecule has 0 aromatic carbocycles. The number of nitrogens with one attached hydrogen (secondary N) is 1. The van der Waals surface area contributed by atoms with E-state index in [0.717, 1.165) is 19.3 Å². The molecule has 4 amide bonds. The number of nitrogens with zero attached hydrogens (tertiary/aromatic N) is 1. The van der Waals surface area contributed by atoms with Gasteiger partial charge in [-0.1, -0.05) is 26.2 Å². The van der Waals surface area contributed by atoms with Gasteiger partial charge in [0.15, 0.2) is 0 Å². The van der Waals surface area contributed by atoms with E-state index in [1.165, 1.54) is 11.8 Å². The number of urea groups is 1. The molecule has 1 unspecified atom stereocenters. The van der Waals surface area contributed by atoms with Crippen LogP contribution in [0.4, 0.5) is 4.79 Å². The van der Waals surface area contributed by atoms with E-state index in [9.17, 15) is 19.2 Å². The van der Waals surface area contributed by atoms with E-state index >= 15 is 0 Å². The highest BCUT2D eigenvalue weighted by Gasteiger charge is 2.44. The van der Waals surface area contributed by atoms with Gasteiger partial charge in [-0.05, 0) is 32.1 Å². The molecule has 7 heteroatoms. The van der Waals surface area contributed by atoms with Gasteiger partial charge in [-0.3, -0.25) is 24.6 Å². The maximum Gasteiger partial charge on any atom is 0.331 e. The fourth-order valence-electron chi connectivity index (χ4n) is 3.49. The minimum absolute atomic E-state index is 0.149. The first-order chi connectivity index (χ1) is 11.4. The van der Waals surface area contributed by atoms with Crippen molar-refractivity contribution in [2.24, 2.45) is 5.92 Å². The zero-order chi connectivity index (χ0) is 17.7. The van der Waals surface area contributed by atoms with Crippen molar-refractivity contribution in [2.75, 3.05) is 0 Å². The highest BCUT2D eigenvalue weighted by Crippen LogP contribution is 2.29. The van der Waals surface area contributed by atoms with Crippen LogP contribution in [0.5, 0.6) is 0 Å². The highest BCUT2D eigenvalue weighted by molar-refractivity contribution is 6.16. The summed E-state index contributed by atoms with van der Waals surface area (Å²) in [5.41, 5.74) is 0. The summed E-state index contributed by atoms with van der Waals surface area (Å²) in [4.78, 5) is 49.0. The average Bonchev–Trinajstić information content (AvgIpc) is 2.51. The summed E-state index contributed by atoms with van der Waals surface area (Å²) in [6, 6.07) is -0.848. The number of rotatable bonds is 6. The number of hydrogen-bond acceptors (Lipinski definition) is 5. The number of carbonyl (C=O) groups is 4. The van der Waals surface area contributed by atoms with Gasteiger partial charge in [-0.2, -0.15) is 0 Å². The van der Waals surface area contributed by atoms with E-state index in [4.69, 9.17) is 4.74 Å². The van der Waals surface area contributed by atoms with Gasteiger partial charge in [0.05, 0.1) is 0 Å². The summed E-state index contributed by atoms with van der Waals surface area (Å²) in [5, 5.41) is 2.32. The molecule has 1 saturated carbocycles. The molecule has 1 heterocycles. The maximum absolute atomic E-state index is 12.7. The van der Waals surface area contributed by atoms with Crippen LogP contribution in [-0.4, -0.2) is 40.9 Å². The summed E-state index contributed by atoms with van der Waals surface area (Å²) >= 11 is 0. The molecular formula is C17H26N2O5. The Morgan fingerprint density at radius 3 is 2.42 bits per heavy atom. The number of amides is 4. The minimum Gasteiger partial charge on any atom is -0.463 e. The van der Waals surface area contributed by atoms with Crippen molar-refractivity contribution in [2.45, 2.75) is 77.4 Å². The van der Waals surface area contributed by atoms with Crippen LogP contribution in [0.25, 0.3) is 0 Å². The van der Waals surface area contributed by atoms with Crippen molar-refractivity contribution in [3.8, 4) is 0 Å². The quantitative estimate of drug-likeness (QED) is 0.455. The van der Waals surface area contributed by atoms with Crippen LogP contribution in [0.1, 0.15) is 65.2 Å². The number of ether oxygens (including phenoxy) is 1. The number of unbranched alkanes of at least 4 members (excludes halogenated alkanes) is 2. The van der Waals surface area contributed by atoms with Crippen molar-refractivity contribution < 1.29 is 23.9 Å². The molecule has 1 N–H and O–H groups in total. The lowest BCUT2D eigenvalue weighted by Crippen LogP contribution is -2.61. The average molecular weight is 338 g/mol. The maximum atomic E-state index is 12.7. The molecule has 2 fully saturated rings. The first-order valence-electron chi connectivity index (χ1n) is 8.79. The summed E-state index contributed by atoms with van der Waals surface area (Å²) in [6.07, 6.45) is 5.51. The van der Waals surface area contributed by atoms with Crippen LogP contribution < -0.4 is 5.32 Å². The van der Waals surface area contributed by atoms with Crippen LogP contribution in [0.3, 0.4) is 0 Å². The van der Waals surface area contributed by atoms with E-state index in [1.807, 2.05) is 0 Å². The minimum atomic E-state index is -0.763. The number of carbonyl (C=O) groups excluding carboxylic acids is 4. The number of barbiturate groups is 1. The molecule has 134 valence electrons. The van der Waals surface area contributed by atoms with E-state index in [1.54, 1.807) is 0 Å². The fraction of sp³-hybridized carbons (Fsp3) is 0.765. The Hall–Kier alpha value is -1.92. The van der Waals surface area contributed by atoms with Crippen LogP contribution in [0.2, 0.25) is 0 Å². The molecule has 0 aromatic heterocycles. The molecule has 2 aliphatic rings. The molecule has 1 aliphatic carbocycles. The molecule has 0 radical (unpaired) electrons. The Balaban J connectivity index is 1.98. The normalized spacial score (nSPS) is 27.8. The van der Waals surface area contributed by atoms with Crippen LogP contribution in [-0.2, 0) is 19.1 Å². The predicted molar refractivity (Wildman–Crippen MR) is 85.8 cm³/mol. The highest BCUT2D eigenvalue weighted by atomic mass is 16.5. The van der Waals surface area contributed by atoms with Gasteiger partial charge in [0.2, 0.25) is 11.8 Å². The second-order valence-electron chi connectivity index (χ2n) is 6.59. The lowest BCUT2D eigenvalue weighted by atomic mass is 9.89. The van der Waals surface area contributed by atoms with E-state index in [0.29, 0.717) is 32.1 Å². The van der Waals surface area contributed by atoms with Crippen molar-refractivity contribution in [3.63, 3.8) is 0 Å². The molecule has 0 bridgehead atoms. The largest absolute Gasteiger partial charge is 0.463 e. The van der Waals surface area contributed by atoms with Gasteiger partial charge in [-0.15, -0.1) is 0 Å².